The van der Waals surface area contributed by atoms with Crippen molar-refractivity contribution in [3.8, 4) is 0 Å². The van der Waals surface area contributed by atoms with Crippen LogP contribution >= 0.6 is 0 Å². The van der Waals surface area contributed by atoms with Gasteiger partial charge in [-0.25, -0.2) is 9.78 Å². The van der Waals surface area contributed by atoms with E-state index in [0.29, 0.717) is 19.1 Å². The number of ether oxygens (including phenoxy) is 1. The molecule has 6 nitrogen and oxygen atoms in total. The lowest BCUT2D eigenvalue weighted by atomic mass is 10.0. The second-order valence-electron chi connectivity index (χ2n) is 6.48. The summed E-state index contributed by atoms with van der Waals surface area (Å²) in [6, 6.07) is 9.95. The van der Waals surface area contributed by atoms with Gasteiger partial charge in [-0.3, -0.25) is 4.90 Å². The Kier molecular flexibility index (Phi) is 3.52. The lowest BCUT2D eigenvalue weighted by Gasteiger charge is -2.25. The van der Waals surface area contributed by atoms with Gasteiger partial charge in [0, 0.05) is 24.0 Å². The Balaban J connectivity index is 1.68. The summed E-state index contributed by atoms with van der Waals surface area (Å²) in [5.41, 5.74) is 3.86. The van der Waals surface area contributed by atoms with Gasteiger partial charge in [0.15, 0.2) is 0 Å². The van der Waals surface area contributed by atoms with Gasteiger partial charge in [-0.15, -0.1) is 0 Å². The molecule has 1 aromatic carbocycles. The summed E-state index contributed by atoms with van der Waals surface area (Å²) in [6.45, 7) is 5.33. The number of nitrogens with one attached hydrogen (secondary N) is 2. The second-order valence-corrected chi connectivity index (χ2v) is 6.48. The van der Waals surface area contributed by atoms with Gasteiger partial charge in [0.1, 0.15) is 12.4 Å². The summed E-state index contributed by atoms with van der Waals surface area (Å²) in [4.78, 5) is 18.3. The van der Waals surface area contributed by atoms with E-state index in [2.05, 4.69) is 29.5 Å². The van der Waals surface area contributed by atoms with Gasteiger partial charge in [-0.05, 0) is 30.2 Å². The number of amides is 1. The molecule has 0 saturated carbocycles. The Hall–Kier alpha value is -2.76. The molecule has 2 aromatic rings. The Bertz CT molecular complexity index is 790. The normalized spacial score (nSPS) is 19.0. The maximum atomic E-state index is 12.2. The van der Waals surface area contributed by atoms with Gasteiger partial charge in [0.2, 0.25) is 0 Å². The number of rotatable bonds is 2. The molecule has 0 radical (unpaired) electrons. The van der Waals surface area contributed by atoms with Crippen molar-refractivity contribution in [2.24, 2.45) is 5.92 Å². The van der Waals surface area contributed by atoms with Gasteiger partial charge in [0.05, 0.1) is 17.4 Å². The highest BCUT2D eigenvalue weighted by Gasteiger charge is 2.36. The summed E-state index contributed by atoms with van der Waals surface area (Å²) in [6.07, 6.45) is 1.50. The zero-order valence-corrected chi connectivity index (χ0v) is 13.7. The fourth-order valence-electron chi connectivity index (χ4n) is 3.17. The second kappa shape index (κ2) is 5.70. The van der Waals surface area contributed by atoms with Crippen molar-refractivity contribution in [1.29, 1.82) is 0 Å². The van der Waals surface area contributed by atoms with Gasteiger partial charge < -0.3 is 15.4 Å². The molecule has 0 bridgehead atoms. The standard InChI is InChI=1S/C18H20N4O2/c1-11(2)16-10-24-18(23)22(16)13-5-6-14-15(8-13)20-9-12-4-3-7-19-17(12)21-14/h3-8,11,16,20H,9-10H2,1-2H3,(H,19,21)/t16-/m0/s1. The third kappa shape index (κ3) is 2.44. The van der Waals surface area contributed by atoms with Crippen LogP contribution in [0.5, 0.6) is 0 Å². The maximum Gasteiger partial charge on any atom is 0.414 e. The van der Waals surface area contributed by atoms with Crippen molar-refractivity contribution >= 4 is 29.0 Å². The van der Waals surface area contributed by atoms with Crippen molar-refractivity contribution in [2.45, 2.75) is 26.4 Å². The monoisotopic (exact) mass is 324 g/mol. The molecule has 1 amide bonds. The molecule has 4 rings (SSSR count). The lowest BCUT2D eigenvalue weighted by Crippen LogP contribution is -2.37. The number of hydrogen-bond donors (Lipinski definition) is 2. The molecule has 3 heterocycles. The fourth-order valence-corrected chi connectivity index (χ4v) is 3.17. The largest absolute Gasteiger partial charge is 0.447 e. The molecule has 1 saturated heterocycles. The van der Waals surface area contributed by atoms with Crippen LogP contribution < -0.4 is 15.5 Å². The highest BCUT2D eigenvalue weighted by atomic mass is 16.6. The van der Waals surface area contributed by atoms with E-state index in [1.807, 2.05) is 30.3 Å². The SMILES string of the molecule is CC(C)[C@@H]1COC(=O)N1c1ccc2c(c1)NCc1cccnc1N2. The molecule has 1 fully saturated rings. The quantitative estimate of drug-likeness (QED) is 0.881. The molecule has 2 N–H and O–H groups in total. The van der Waals surface area contributed by atoms with E-state index >= 15 is 0 Å². The molecule has 124 valence electrons. The third-order valence-electron chi connectivity index (χ3n) is 4.57. The van der Waals surface area contributed by atoms with E-state index in [4.69, 9.17) is 4.74 Å². The highest BCUT2D eigenvalue weighted by Crippen LogP contribution is 2.36. The molecule has 1 aromatic heterocycles. The summed E-state index contributed by atoms with van der Waals surface area (Å²) in [7, 11) is 0. The van der Waals surface area contributed by atoms with E-state index in [0.717, 1.165) is 28.4 Å². The highest BCUT2D eigenvalue weighted by molar-refractivity contribution is 5.92. The van der Waals surface area contributed by atoms with E-state index in [9.17, 15) is 4.79 Å². The van der Waals surface area contributed by atoms with Crippen LogP contribution in [0.25, 0.3) is 0 Å². The zero-order valence-electron chi connectivity index (χ0n) is 13.7. The van der Waals surface area contributed by atoms with Crippen molar-refractivity contribution in [3.63, 3.8) is 0 Å². The molecule has 6 heteroatoms. The minimum atomic E-state index is -0.278. The molecule has 2 aliphatic rings. The number of fused-ring (bicyclic) bond motifs is 2. The molecule has 24 heavy (non-hydrogen) atoms. The summed E-state index contributed by atoms with van der Waals surface area (Å²) in [5.74, 6) is 1.19. The van der Waals surface area contributed by atoms with Crippen LogP contribution in [0, 0.1) is 5.92 Å². The average Bonchev–Trinajstić information content (AvgIpc) is 2.86. The number of benzene rings is 1. The first kappa shape index (κ1) is 14.8. The number of cyclic esters (lactones) is 1. The number of hydrogen-bond acceptors (Lipinski definition) is 5. The van der Waals surface area contributed by atoms with Crippen LogP contribution in [0.3, 0.4) is 0 Å². The molecule has 0 unspecified atom stereocenters. The predicted octanol–water partition coefficient (Wildman–Crippen LogP) is 3.73. The van der Waals surface area contributed by atoms with Gasteiger partial charge >= 0.3 is 6.09 Å². The van der Waals surface area contributed by atoms with E-state index in [-0.39, 0.29) is 12.1 Å². The fraction of sp³-hybridized carbons (Fsp3) is 0.333. The Morgan fingerprint density at radius 3 is 3.00 bits per heavy atom. The van der Waals surface area contributed by atoms with Crippen LogP contribution in [0.15, 0.2) is 36.5 Å². The van der Waals surface area contributed by atoms with Crippen LogP contribution in [-0.4, -0.2) is 23.7 Å². The molecule has 2 aliphatic heterocycles. The Morgan fingerprint density at radius 2 is 2.17 bits per heavy atom. The summed E-state index contributed by atoms with van der Waals surface area (Å²) < 4.78 is 5.25. The number of aromatic nitrogens is 1. The van der Waals surface area contributed by atoms with E-state index < -0.39 is 0 Å². The summed E-state index contributed by atoms with van der Waals surface area (Å²) >= 11 is 0. The zero-order chi connectivity index (χ0) is 16.7. The molecule has 0 aliphatic carbocycles. The van der Waals surface area contributed by atoms with Crippen molar-refractivity contribution in [1.82, 2.24) is 4.98 Å². The first-order chi connectivity index (χ1) is 11.6. The van der Waals surface area contributed by atoms with E-state index in [1.165, 1.54) is 0 Å². The topological polar surface area (TPSA) is 66.5 Å². The number of carbonyl (C=O) groups excluding carboxylic acids is 1. The van der Waals surface area contributed by atoms with Gasteiger partial charge in [-0.2, -0.15) is 0 Å². The Labute approximate surface area is 140 Å². The smallest absolute Gasteiger partial charge is 0.414 e. The number of nitrogens with zero attached hydrogens (tertiary/aromatic N) is 2. The first-order valence-electron chi connectivity index (χ1n) is 8.18. The first-order valence-corrected chi connectivity index (χ1v) is 8.18. The van der Waals surface area contributed by atoms with E-state index in [1.54, 1.807) is 11.1 Å². The summed E-state index contributed by atoms with van der Waals surface area (Å²) in [5, 5.41) is 6.78. The van der Waals surface area contributed by atoms with Gasteiger partial charge in [-0.1, -0.05) is 19.9 Å². The van der Waals surface area contributed by atoms with Crippen LogP contribution in [0.2, 0.25) is 0 Å². The lowest BCUT2D eigenvalue weighted by molar-refractivity contribution is 0.177. The Morgan fingerprint density at radius 1 is 1.29 bits per heavy atom. The number of carbonyl (C=O) groups is 1. The van der Waals surface area contributed by atoms with Crippen molar-refractivity contribution in [2.75, 3.05) is 22.1 Å². The number of pyridine rings is 1. The molecule has 0 spiro atoms. The third-order valence-corrected chi connectivity index (χ3v) is 4.57. The molecule has 1 atom stereocenters. The van der Waals surface area contributed by atoms with Crippen LogP contribution in [0.1, 0.15) is 19.4 Å². The van der Waals surface area contributed by atoms with Crippen LogP contribution in [-0.2, 0) is 11.3 Å². The average molecular weight is 324 g/mol. The minimum absolute atomic E-state index is 0.0631. The predicted molar refractivity (Wildman–Crippen MR) is 93.7 cm³/mol. The number of anilines is 4. The maximum absolute atomic E-state index is 12.2. The minimum Gasteiger partial charge on any atom is -0.447 e. The van der Waals surface area contributed by atoms with Gasteiger partial charge in [0.25, 0.3) is 0 Å². The molecular weight excluding hydrogens is 304 g/mol. The van der Waals surface area contributed by atoms with Crippen molar-refractivity contribution < 1.29 is 9.53 Å². The molecular formula is C18H20N4O2. The van der Waals surface area contributed by atoms with Crippen molar-refractivity contribution in [3.05, 3.63) is 42.1 Å². The van der Waals surface area contributed by atoms with Crippen LogP contribution in [0.4, 0.5) is 27.7 Å².